The number of hydrogen-bond donors (Lipinski definition) is 1. The second-order valence-corrected chi connectivity index (χ2v) is 4.84. The molecular formula is C13H17N. The summed E-state index contributed by atoms with van der Waals surface area (Å²) in [6.45, 7) is 0. The lowest BCUT2D eigenvalue weighted by atomic mass is 9.78. The van der Waals surface area contributed by atoms with Crippen molar-refractivity contribution in [1.29, 1.82) is 0 Å². The molecule has 3 rings (SSSR count). The lowest BCUT2D eigenvalue weighted by Crippen LogP contribution is -2.30. The molecule has 0 spiro atoms. The van der Waals surface area contributed by atoms with Crippen LogP contribution in [0.1, 0.15) is 36.3 Å². The highest BCUT2D eigenvalue weighted by Gasteiger charge is 2.35. The first-order valence-electron chi connectivity index (χ1n) is 5.68. The van der Waals surface area contributed by atoms with Gasteiger partial charge in [-0.2, -0.15) is 0 Å². The summed E-state index contributed by atoms with van der Waals surface area (Å²) in [5.41, 5.74) is 9.22. The normalized spacial score (nSPS) is 35.1. The fraction of sp³-hybridized carbons (Fsp3) is 0.538. The largest absolute Gasteiger partial charge is 0.328 e. The molecule has 0 radical (unpaired) electrons. The Labute approximate surface area is 85.3 Å². The molecule has 1 saturated carbocycles. The number of nitrogens with two attached hydrogens (primary N) is 1. The Morgan fingerprint density at radius 3 is 2.93 bits per heavy atom. The van der Waals surface area contributed by atoms with E-state index < -0.39 is 0 Å². The summed E-state index contributed by atoms with van der Waals surface area (Å²) in [6.07, 6.45) is 5.07. The van der Waals surface area contributed by atoms with Crippen molar-refractivity contribution in [1.82, 2.24) is 0 Å². The molecule has 3 atom stereocenters. The third-order valence-electron chi connectivity index (χ3n) is 3.97. The number of fused-ring (bicyclic) bond motifs is 3. The van der Waals surface area contributed by atoms with Gasteiger partial charge in [-0.15, -0.1) is 0 Å². The van der Waals surface area contributed by atoms with Crippen LogP contribution in [0.2, 0.25) is 0 Å². The van der Waals surface area contributed by atoms with Crippen molar-refractivity contribution in [2.45, 2.75) is 37.6 Å². The number of rotatable bonds is 0. The summed E-state index contributed by atoms with van der Waals surface area (Å²) in [5.74, 6) is 1.67. The predicted octanol–water partition coefficient (Wildman–Crippen LogP) is 2.45. The Hall–Kier alpha value is -0.820. The van der Waals surface area contributed by atoms with Gasteiger partial charge < -0.3 is 5.73 Å². The van der Waals surface area contributed by atoms with Crippen molar-refractivity contribution in [2.75, 3.05) is 0 Å². The van der Waals surface area contributed by atoms with Crippen LogP contribution in [-0.4, -0.2) is 6.04 Å². The fourth-order valence-electron chi connectivity index (χ4n) is 3.26. The predicted molar refractivity (Wildman–Crippen MR) is 58.2 cm³/mol. The summed E-state index contributed by atoms with van der Waals surface area (Å²) in [7, 11) is 0. The summed E-state index contributed by atoms with van der Waals surface area (Å²) in [5, 5.41) is 0. The topological polar surface area (TPSA) is 26.0 Å². The van der Waals surface area contributed by atoms with Crippen LogP contribution in [0.15, 0.2) is 24.3 Å². The van der Waals surface area contributed by atoms with Gasteiger partial charge in [-0.3, -0.25) is 0 Å². The molecule has 14 heavy (non-hydrogen) atoms. The first kappa shape index (κ1) is 8.49. The average molecular weight is 187 g/mol. The molecule has 1 fully saturated rings. The first-order valence-corrected chi connectivity index (χ1v) is 5.68. The number of benzene rings is 1. The summed E-state index contributed by atoms with van der Waals surface area (Å²) >= 11 is 0. The third kappa shape index (κ3) is 1.19. The van der Waals surface area contributed by atoms with Crippen molar-refractivity contribution >= 4 is 0 Å². The molecule has 74 valence electrons. The molecule has 1 nitrogen and oxygen atoms in total. The molecule has 2 N–H and O–H groups in total. The lowest BCUT2D eigenvalue weighted by Gasteiger charge is -2.30. The van der Waals surface area contributed by atoms with Crippen molar-refractivity contribution in [2.24, 2.45) is 11.7 Å². The van der Waals surface area contributed by atoms with Crippen molar-refractivity contribution < 1.29 is 0 Å². The minimum Gasteiger partial charge on any atom is -0.328 e. The molecule has 0 saturated heterocycles. The molecule has 2 aliphatic carbocycles. The Morgan fingerprint density at radius 2 is 2.00 bits per heavy atom. The van der Waals surface area contributed by atoms with Gasteiger partial charge in [-0.05, 0) is 48.6 Å². The van der Waals surface area contributed by atoms with E-state index >= 15 is 0 Å². The Kier molecular flexibility index (Phi) is 1.88. The third-order valence-corrected chi connectivity index (χ3v) is 3.97. The van der Waals surface area contributed by atoms with Crippen LogP contribution in [0.25, 0.3) is 0 Å². The molecule has 0 heterocycles. The van der Waals surface area contributed by atoms with Gasteiger partial charge in [0.05, 0.1) is 0 Å². The minimum absolute atomic E-state index is 0.447. The van der Waals surface area contributed by atoms with E-state index in [0.717, 1.165) is 11.8 Å². The molecular weight excluding hydrogens is 170 g/mol. The molecule has 1 aromatic rings. The van der Waals surface area contributed by atoms with Gasteiger partial charge in [0.2, 0.25) is 0 Å². The van der Waals surface area contributed by atoms with E-state index in [2.05, 4.69) is 24.3 Å². The summed E-state index contributed by atoms with van der Waals surface area (Å²) < 4.78 is 0. The maximum atomic E-state index is 6.05. The van der Waals surface area contributed by atoms with Gasteiger partial charge in [0.1, 0.15) is 0 Å². The van der Waals surface area contributed by atoms with Gasteiger partial charge in [-0.25, -0.2) is 0 Å². The monoisotopic (exact) mass is 187 g/mol. The Morgan fingerprint density at radius 1 is 1.14 bits per heavy atom. The van der Waals surface area contributed by atoms with E-state index in [0.29, 0.717) is 6.04 Å². The van der Waals surface area contributed by atoms with E-state index in [1.54, 1.807) is 11.1 Å². The Balaban J connectivity index is 1.97. The van der Waals surface area contributed by atoms with E-state index in [9.17, 15) is 0 Å². The second-order valence-electron chi connectivity index (χ2n) is 4.84. The standard InChI is InChI=1S/C13H17N/c14-11-6-5-10-7-9-3-1-2-4-12(9)13(10)8-11/h1-4,10-11,13H,5-8,14H2. The molecule has 0 bridgehead atoms. The molecule has 1 heteroatoms. The molecule has 0 amide bonds. The summed E-state index contributed by atoms with van der Waals surface area (Å²) in [6, 6.07) is 9.37. The minimum atomic E-state index is 0.447. The van der Waals surface area contributed by atoms with Crippen LogP contribution < -0.4 is 5.73 Å². The van der Waals surface area contributed by atoms with Crippen LogP contribution in [0.5, 0.6) is 0 Å². The fourth-order valence-corrected chi connectivity index (χ4v) is 3.26. The van der Waals surface area contributed by atoms with Crippen molar-refractivity contribution in [3.63, 3.8) is 0 Å². The SMILES string of the molecule is NC1CCC2Cc3ccccc3C2C1. The zero-order valence-electron chi connectivity index (χ0n) is 8.45. The van der Waals surface area contributed by atoms with Crippen molar-refractivity contribution in [3.05, 3.63) is 35.4 Å². The zero-order valence-corrected chi connectivity index (χ0v) is 8.45. The van der Waals surface area contributed by atoms with E-state index in [-0.39, 0.29) is 0 Å². The highest BCUT2D eigenvalue weighted by Crippen LogP contribution is 2.45. The molecule has 3 unspecified atom stereocenters. The van der Waals surface area contributed by atoms with Crippen LogP contribution in [0.3, 0.4) is 0 Å². The van der Waals surface area contributed by atoms with Crippen molar-refractivity contribution in [3.8, 4) is 0 Å². The van der Waals surface area contributed by atoms with Gasteiger partial charge >= 0.3 is 0 Å². The van der Waals surface area contributed by atoms with E-state index in [4.69, 9.17) is 5.73 Å². The molecule has 2 aliphatic rings. The number of hydrogen-bond acceptors (Lipinski definition) is 1. The Bertz CT molecular complexity index is 345. The smallest absolute Gasteiger partial charge is 0.00448 e. The van der Waals surface area contributed by atoms with Gasteiger partial charge in [0.25, 0.3) is 0 Å². The average Bonchev–Trinajstić information content (AvgIpc) is 2.56. The highest BCUT2D eigenvalue weighted by molar-refractivity contribution is 5.36. The van der Waals surface area contributed by atoms with Gasteiger partial charge in [-0.1, -0.05) is 24.3 Å². The quantitative estimate of drug-likeness (QED) is 0.663. The van der Waals surface area contributed by atoms with E-state index in [1.807, 2.05) is 0 Å². The zero-order chi connectivity index (χ0) is 9.54. The molecule has 0 aromatic heterocycles. The first-order chi connectivity index (χ1) is 6.84. The lowest BCUT2D eigenvalue weighted by molar-refractivity contribution is 0.300. The van der Waals surface area contributed by atoms with Crippen LogP contribution in [0, 0.1) is 5.92 Å². The van der Waals surface area contributed by atoms with E-state index in [1.165, 1.54) is 25.7 Å². The molecule has 1 aromatic carbocycles. The maximum absolute atomic E-state index is 6.05. The van der Waals surface area contributed by atoms with Gasteiger partial charge in [0, 0.05) is 6.04 Å². The van der Waals surface area contributed by atoms with Crippen LogP contribution in [-0.2, 0) is 6.42 Å². The second kappa shape index (κ2) is 3.09. The summed E-state index contributed by atoms with van der Waals surface area (Å²) in [4.78, 5) is 0. The van der Waals surface area contributed by atoms with Crippen LogP contribution in [0.4, 0.5) is 0 Å². The van der Waals surface area contributed by atoms with Crippen LogP contribution >= 0.6 is 0 Å². The highest BCUT2D eigenvalue weighted by atomic mass is 14.6. The maximum Gasteiger partial charge on any atom is 0.00448 e. The molecule has 0 aliphatic heterocycles. The van der Waals surface area contributed by atoms with Gasteiger partial charge in [0.15, 0.2) is 0 Å².